The van der Waals surface area contributed by atoms with Crippen molar-refractivity contribution >= 4 is 9.84 Å². The van der Waals surface area contributed by atoms with Gasteiger partial charge in [-0.25, -0.2) is 21.9 Å². The number of aryl methyl sites for hydroxylation is 3. The Morgan fingerprint density at radius 1 is 1.24 bits per heavy atom. The van der Waals surface area contributed by atoms with Crippen molar-refractivity contribution in [3.63, 3.8) is 0 Å². The topological polar surface area (TPSA) is 82.7 Å². The highest BCUT2D eigenvalue weighted by atomic mass is 32.2. The second-order valence-electron chi connectivity index (χ2n) is 4.78. The molecule has 0 aliphatic carbocycles. The van der Waals surface area contributed by atoms with Crippen LogP contribution < -0.4 is 0 Å². The number of nitrogens with zero attached hydrogens (tertiary/aromatic N) is 5. The van der Waals surface area contributed by atoms with E-state index in [1.165, 1.54) is 7.05 Å². The molecule has 2 rings (SSSR count). The SMILES string of the molecule is Cc1cc(CS(=O)(=O)Cc2nnn(C)c2C(F)F)nn1C. The van der Waals surface area contributed by atoms with E-state index in [0.29, 0.717) is 5.69 Å². The molecular formula is C11H15F2N5O2S. The maximum Gasteiger partial charge on any atom is 0.281 e. The standard InChI is InChI=1S/C11H15F2N5O2S/c1-7-4-8(15-17(7)2)5-21(19,20)6-9-10(11(12)13)18(3)16-14-9/h4,11H,5-6H2,1-3H3. The van der Waals surface area contributed by atoms with Gasteiger partial charge in [-0.3, -0.25) is 4.68 Å². The smallest absolute Gasteiger partial charge is 0.273 e. The Hall–Kier alpha value is -1.84. The summed E-state index contributed by atoms with van der Waals surface area (Å²) in [6.07, 6.45) is -2.83. The number of alkyl halides is 2. The summed E-state index contributed by atoms with van der Waals surface area (Å²) in [5, 5.41) is 11.0. The molecule has 21 heavy (non-hydrogen) atoms. The third-order valence-electron chi connectivity index (χ3n) is 3.04. The molecule has 0 N–H and O–H groups in total. The number of hydrogen-bond acceptors (Lipinski definition) is 5. The quantitative estimate of drug-likeness (QED) is 0.818. The fourth-order valence-electron chi connectivity index (χ4n) is 1.97. The van der Waals surface area contributed by atoms with Gasteiger partial charge in [0.2, 0.25) is 0 Å². The van der Waals surface area contributed by atoms with Crippen LogP contribution in [-0.4, -0.2) is 33.2 Å². The molecule has 2 aromatic heterocycles. The lowest BCUT2D eigenvalue weighted by Crippen LogP contribution is -2.11. The van der Waals surface area contributed by atoms with Gasteiger partial charge in [0.15, 0.2) is 9.84 Å². The predicted molar refractivity (Wildman–Crippen MR) is 70.2 cm³/mol. The van der Waals surface area contributed by atoms with Crippen molar-refractivity contribution in [1.82, 2.24) is 24.8 Å². The lowest BCUT2D eigenvalue weighted by atomic mass is 10.3. The Morgan fingerprint density at radius 2 is 1.90 bits per heavy atom. The predicted octanol–water partition coefficient (Wildman–Crippen LogP) is 0.910. The third-order valence-corrected chi connectivity index (χ3v) is 4.49. The summed E-state index contributed by atoms with van der Waals surface area (Å²) in [6, 6.07) is 1.64. The first-order chi connectivity index (χ1) is 9.69. The fraction of sp³-hybridized carbons (Fsp3) is 0.545. The van der Waals surface area contributed by atoms with Gasteiger partial charge in [-0.15, -0.1) is 5.10 Å². The van der Waals surface area contributed by atoms with E-state index in [4.69, 9.17) is 0 Å². The summed E-state index contributed by atoms with van der Waals surface area (Å²) < 4.78 is 52.4. The second kappa shape index (κ2) is 5.51. The minimum absolute atomic E-state index is 0.222. The normalized spacial score (nSPS) is 12.3. The highest BCUT2D eigenvalue weighted by molar-refractivity contribution is 7.89. The molecule has 10 heteroatoms. The summed E-state index contributed by atoms with van der Waals surface area (Å²) in [7, 11) is -0.663. The van der Waals surface area contributed by atoms with Crippen LogP contribution in [0.4, 0.5) is 8.78 Å². The highest BCUT2D eigenvalue weighted by Crippen LogP contribution is 2.23. The van der Waals surface area contributed by atoms with Crippen molar-refractivity contribution in [3.05, 3.63) is 28.8 Å². The fourth-order valence-corrected chi connectivity index (χ4v) is 3.28. The molecule has 0 unspecified atom stereocenters. The van der Waals surface area contributed by atoms with Crippen LogP contribution >= 0.6 is 0 Å². The molecule has 0 bridgehead atoms. The summed E-state index contributed by atoms with van der Waals surface area (Å²) in [5.41, 5.74) is 0.487. The molecule has 0 radical (unpaired) electrons. The Kier molecular flexibility index (Phi) is 4.08. The third kappa shape index (κ3) is 3.43. The lowest BCUT2D eigenvalue weighted by Gasteiger charge is -2.03. The van der Waals surface area contributed by atoms with E-state index in [1.54, 1.807) is 24.7 Å². The lowest BCUT2D eigenvalue weighted by molar-refractivity contribution is 0.140. The Morgan fingerprint density at radius 3 is 2.43 bits per heavy atom. The van der Waals surface area contributed by atoms with Crippen molar-refractivity contribution in [2.75, 3.05) is 0 Å². The summed E-state index contributed by atoms with van der Waals surface area (Å²) in [5.74, 6) is -0.913. The summed E-state index contributed by atoms with van der Waals surface area (Å²) >= 11 is 0. The van der Waals surface area contributed by atoms with E-state index in [2.05, 4.69) is 15.4 Å². The van der Waals surface area contributed by atoms with Crippen LogP contribution in [0.2, 0.25) is 0 Å². The van der Waals surface area contributed by atoms with Crippen LogP contribution in [0.5, 0.6) is 0 Å². The maximum atomic E-state index is 12.9. The highest BCUT2D eigenvalue weighted by Gasteiger charge is 2.25. The zero-order chi connectivity index (χ0) is 15.8. The van der Waals surface area contributed by atoms with E-state index < -0.39 is 27.7 Å². The zero-order valence-electron chi connectivity index (χ0n) is 11.8. The monoisotopic (exact) mass is 319 g/mol. The Bertz CT molecular complexity index is 731. The maximum absolute atomic E-state index is 12.9. The first-order valence-electron chi connectivity index (χ1n) is 6.06. The molecule has 0 spiro atoms. The number of sulfone groups is 1. The van der Waals surface area contributed by atoms with Gasteiger partial charge in [0, 0.05) is 19.8 Å². The van der Waals surface area contributed by atoms with Gasteiger partial charge in [0.25, 0.3) is 6.43 Å². The van der Waals surface area contributed by atoms with Gasteiger partial charge in [-0.1, -0.05) is 5.21 Å². The first kappa shape index (κ1) is 15.5. The average Bonchev–Trinajstić information content (AvgIpc) is 2.82. The molecule has 7 nitrogen and oxygen atoms in total. The van der Waals surface area contributed by atoms with Gasteiger partial charge >= 0.3 is 0 Å². The van der Waals surface area contributed by atoms with Crippen molar-refractivity contribution in [2.24, 2.45) is 14.1 Å². The number of rotatable bonds is 5. The van der Waals surface area contributed by atoms with Gasteiger partial charge < -0.3 is 0 Å². The molecule has 0 aliphatic heterocycles. The Labute approximate surface area is 120 Å². The number of aromatic nitrogens is 5. The van der Waals surface area contributed by atoms with Crippen LogP contribution in [0.3, 0.4) is 0 Å². The van der Waals surface area contributed by atoms with Crippen molar-refractivity contribution in [2.45, 2.75) is 24.9 Å². The number of hydrogen-bond donors (Lipinski definition) is 0. The molecule has 0 fully saturated rings. The van der Waals surface area contributed by atoms with Gasteiger partial charge in [-0.05, 0) is 13.0 Å². The molecule has 0 saturated heterocycles. The Balaban J connectivity index is 2.22. The van der Waals surface area contributed by atoms with Crippen molar-refractivity contribution < 1.29 is 17.2 Å². The van der Waals surface area contributed by atoms with Crippen LogP contribution in [0.1, 0.15) is 29.2 Å². The molecule has 116 valence electrons. The van der Waals surface area contributed by atoms with Crippen molar-refractivity contribution in [1.29, 1.82) is 0 Å². The second-order valence-corrected chi connectivity index (χ2v) is 6.84. The van der Waals surface area contributed by atoms with E-state index in [9.17, 15) is 17.2 Å². The molecular weight excluding hydrogens is 304 g/mol. The molecule has 0 aliphatic rings. The summed E-state index contributed by atoms with van der Waals surface area (Å²) in [4.78, 5) is 0. The first-order valence-corrected chi connectivity index (χ1v) is 7.88. The molecule has 2 aromatic rings. The van der Waals surface area contributed by atoms with Gasteiger partial charge in [0.05, 0.1) is 17.2 Å². The molecule has 2 heterocycles. The van der Waals surface area contributed by atoms with Crippen molar-refractivity contribution in [3.8, 4) is 0 Å². The minimum atomic E-state index is -3.66. The van der Waals surface area contributed by atoms with Crippen LogP contribution in [0.15, 0.2) is 6.07 Å². The van der Waals surface area contributed by atoms with Crippen LogP contribution in [0, 0.1) is 6.92 Å². The van der Waals surface area contributed by atoms with E-state index in [0.717, 1.165) is 10.4 Å². The zero-order valence-corrected chi connectivity index (χ0v) is 12.6. The van der Waals surface area contributed by atoms with E-state index >= 15 is 0 Å². The molecule has 0 saturated carbocycles. The molecule has 0 aromatic carbocycles. The minimum Gasteiger partial charge on any atom is -0.273 e. The van der Waals surface area contributed by atoms with E-state index in [1.807, 2.05) is 0 Å². The van der Waals surface area contributed by atoms with Crippen LogP contribution in [0.25, 0.3) is 0 Å². The largest absolute Gasteiger partial charge is 0.281 e. The summed E-state index contributed by atoms with van der Waals surface area (Å²) in [6.45, 7) is 1.79. The van der Waals surface area contributed by atoms with Gasteiger partial charge in [0.1, 0.15) is 11.4 Å². The number of halogens is 2. The van der Waals surface area contributed by atoms with Gasteiger partial charge in [-0.2, -0.15) is 5.10 Å². The average molecular weight is 319 g/mol. The molecule has 0 amide bonds. The van der Waals surface area contributed by atoms with E-state index in [-0.39, 0.29) is 11.4 Å². The van der Waals surface area contributed by atoms with Crippen LogP contribution in [-0.2, 0) is 35.4 Å². The molecule has 0 atom stereocenters.